The zero-order valence-electron chi connectivity index (χ0n) is 11.8. The van der Waals surface area contributed by atoms with Gasteiger partial charge in [-0.15, -0.1) is 12.4 Å². The van der Waals surface area contributed by atoms with Gasteiger partial charge in [0.15, 0.2) is 11.5 Å². The van der Waals surface area contributed by atoms with Crippen molar-refractivity contribution in [2.24, 2.45) is 4.99 Å². The highest BCUT2D eigenvalue weighted by Gasteiger charge is 2.15. The first kappa shape index (κ1) is 15.8. The Morgan fingerprint density at radius 3 is 2.79 bits per heavy atom. The van der Waals surface area contributed by atoms with E-state index in [1.807, 2.05) is 12.3 Å². The van der Waals surface area contributed by atoms with Crippen LogP contribution in [0.2, 0.25) is 0 Å². The SMILES string of the molecule is CCCCOc1cc2c(cc1OC)CC(C)N=C2.Cl. The summed E-state index contributed by atoms with van der Waals surface area (Å²) in [6, 6.07) is 4.48. The zero-order valence-corrected chi connectivity index (χ0v) is 12.6. The molecular formula is C15H22ClNO2. The number of rotatable bonds is 5. The molecule has 0 N–H and O–H groups in total. The number of ether oxygens (including phenoxy) is 2. The quantitative estimate of drug-likeness (QED) is 0.772. The number of hydrogen-bond donors (Lipinski definition) is 0. The van der Waals surface area contributed by atoms with Crippen molar-refractivity contribution in [3.8, 4) is 11.5 Å². The molecule has 0 aliphatic carbocycles. The van der Waals surface area contributed by atoms with Crippen LogP contribution in [-0.2, 0) is 6.42 Å². The van der Waals surface area contributed by atoms with E-state index >= 15 is 0 Å². The Labute approximate surface area is 121 Å². The van der Waals surface area contributed by atoms with Crippen LogP contribution in [0.25, 0.3) is 0 Å². The third-order valence-electron chi connectivity index (χ3n) is 3.16. The first-order valence-corrected chi connectivity index (χ1v) is 6.61. The highest BCUT2D eigenvalue weighted by molar-refractivity contribution is 5.85. The molecule has 3 nitrogen and oxygen atoms in total. The second kappa shape index (κ2) is 7.39. The van der Waals surface area contributed by atoms with E-state index < -0.39 is 0 Å². The third-order valence-corrected chi connectivity index (χ3v) is 3.16. The fraction of sp³-hybridized carbons (Fsp3) is 0.533. The van der Waals surface area contributed by atoms with Gasteiger partial charge in [0.2, 0.25) is 0 Å². The van der Waals surface area contributed by atoms with Crippen LogP contribution >= 0.6 is 12.4 Å². The number of nitrogens with zero attached hydrogens (tertiary/aromatic N) is 1. The fourth-order valence-corrected chi connectivity index (χ4v) is 2.09. The number of aliphatic imine (C=N–C) groups is 1. The van der Waals surface area contributed by atoms with E-state index in [2.05, 4.69) is 24.9 Å². The van der Waals surface area contributed by atoms with Gasteiger partial charge in [0.1, 0.15) is 0 Å². The van der Waals surface area contributed by atoms with E-state index in [4.69, 9.17) is 9.47 Å². The molecule has 19 heavy (non-hydrogen) atoms. The van der Waals surface area contributed by atoms with Gasteiger partial charge >= 0.3 is 0 Å². The predicted octanol–water partition coefficient (Wildman–Crippen LogP) is 3.66. The van der Waals surface area contributed by atoms with E-state index in [-0.39, 0.29) is 12.4 Å². The Balaban J connectivity index is 0.00000180. The van der Waals surface area contributed by atoms with E-state index in [0.717, 1.165) is 42.9 Å². The molecule has 1 aromatic carbocycles. The van der Waals surface area contributed by atoms with Crippen molar-refractivity contribution in [3.05, 3.63) is 23.3 Å². The van der Waals surface area contributed by atoms with Crippen LogP contribution in [-0.4, -0.2) is 26.0 Å². The maximum absolute atomic E-state index is 5.77. The van der Waals surface area contributed by atoms with Gasteiger partial charge < -0.3 is 9.47 Å². The van der Waals surface area contributed by atoms with Crippen LogP contribution in [0.4, 0.5) is 0 Å². The van der Waals surface area contributed by atoms with Crippen molar-refractivity contribution in [3.63, 3.8) is 0 Å². The van der Waals surface area contributed by atoms with Gasteiger partial charge in [-0.2, -0.15) is 0 Å². The Bertz CT molecular complexity index is 446. The second-order valence-corrected chi connectivity index (χ2v) is 4.74. The predicted molar refractivity (Wildman–Crippen MR) is 81.4 cm³/mol. The van der Waals surface area contributed by atoms with Crippen molar-refractivity contribution in [1.29, 1.82) is 0 Å². The van der Waals surface area contributed by atoms with Gasteiger partial charge in [0, 0.05) is 6.21 Å². The minimum Gasteiger partial charge on any atom is -0.493 e. The van der Waals surface area contributed by atoms with Crippen LogP contribution in [0.3, 0.4) is 0 Å². The van der Waals surface area contributed by atoms with Gasteiger partial charge in [-0.25, -0.2) is 0 Å². The lowest BCUT2D eigenvalue weighted by Gasteiger charge is -2.18. The molecule has 0 radical (unpaired) electrons. The van der Waals surface area contributed by atoms with E-state index in [1.54, 1.807) is 7.11 Å². The van der Waals surface area contributed by atoms with Gasteiger partial charge in [0.25, 0.3) is 0 Å². The molecule has 1 atom stereocenters. The van der Waals surface area contributed by atoms with Crippen LogP contribution in [0.15, 0.2) is 17.1 Å². The van der Waals surface area contributed by atoms with Crippen molar-refractivity contribution in [2.45, 2.75) is 39.2 Å². The largest absolute Gasteiger partial charge is 0.493 e. The molecule has 2 rings (SSSR count). The van der Waals surface area contributed by atoms with Crippen LogP contribution < -0.4 is 9.47 Å². The number of unbranched alkanes of at least 4 members (excludes halogenated alkanes) is 1. The summed E-state index contributed by atoms with van der Waals surface area (Å²) in [6.07, 6.45) is 5.10. The van der Waals surface area contributed by atoms with Crippen LogP contribution in [0, 0.1) is 0 Å². The number of hydrogen-bond acceptors (Lipinski definition) is 3. The second-order valence-electron chi connectivity index (χ2n) is 4.74. The first-order chi connectivity index (χ1) is 8.74. The van der Waals surface area contributed by atoms with Crippen LogP contribution in [0.1, 0.15) is 37.8 Å². The average molecular weight is 284 g/mol. The molecule has 4 heteroatoms. The van der Waals surface area contributed by atoms with Gasteiger partial charge in [-0.05, 0) is 43.0 Å². The maximum atomic E-state index is 5.77. The first-order valence-electron chi connectivity index (χ1n) is 6.61. The number of methoxy groups -OCH3 is 1. The van der Waals surface area contributed by atoms with Crippen LogP contribution in [0.5, 0.6) is 11.5 Å². The minimum absolute atomic E-state index is 0. The summed E-state index contributed by atoms with van der Waals surface area (Å²) in [5.74, 6) is 1.65. The molecule has 0 fully saturated rings. The highest BCUT2D eigenvalue weighted by atomic mass is 35.5. The molecule has 1 aliphatic rings. The summed E-state index contributed by atoms with van der Waals surface area (Å²) in [4.78, 5) is 4.44. The summed E-state index contributed by atoms with van der Waals surface area (Å²) >= 11 is 0. The number of fused-ring (bicyclic) bond motifs is 1. The molecule has 106 valence electrons. The lowest BCUT2D eigenvalue weighted by molar-refractivity contribution is 0.288. The Kier molecular flexibility index (Phi) is 6.16. The highest BCUT2D eigenvalue weighted by Crippen LogP contribution is 2.32. The molecule has 1 aromatic rings. The monoisotopic (exact) mass is 283 g/mol. The topological polar surface area (TPSA) is 30.8 Å². The molecule has 0 saturated carbocycles. The summed E-state index contributed by atoms with van der Waals surface area (Å²) in [6.45, 7) is 5.01. The molecule has 0 bridgehead atoms. The molecule has 1 heterocycles. The Hall–Kier alpha value is -1.22. The summed E-state index contributed by atoms with van der Waals surface area (Å²) in [7, 11) is 1.69. The van der Waals surface area contributed by atoms with E-state index in [9.17, 15) is 0 Å². The van der Waals surface area contributed by atoms with Gasteiger partial charge in [-0.1, -0.05) is 13.3 Å². The Morgan fingerprint density at radius 1 is 1.32 bits per heavy atom. The zero-order chi connectivity index (χ0) is 13.0. The molecule has 1 aliphatic heterocycles. The summed E-state index contributed by atoms with van der Waals surface area (Å²) in [5.41, 5.74) is 2.44. The van der Waals surface area contributed by atoms with Crippen molar-refractivity contribution >= 4 is 18.6 Å². The summed E-state index contributed by atoms with van der Waals surface area (Å²) in [5, 5.41) is 0. The van der Waals surface area contributed by atoms with E-state index in [0.29, 0.717) is 6.04 Å². The molecule has 0 aromatic heterocycles. The minimum atomic E-state index is 0. The lowest BCUT2D eigenvalue weighted by atomic mass is 9.98. The fourth-order valence-electron chi connectivity index (χ4n) is 2.09. The standard InChI is InChI=1S/C15H21NO2.ClH/c1-4-5-6-18-15-9-13-10-16-11(2)7-12(13)8-14(15)17-3;/h8-11H,4-7H2,1-3H3;1H. The normalized spacial score (nSPS) is 16.5. The molecule has 0 amide bonds. The van der Waals surface area contributed by atoms with Gasteiger partial charge in [0.05, 0.1) is 19.8 Å². The summed E-state index contributed by atoms with van der Waals surface area (Å²) < 4.78 is 11.2. The average Bonchev–Trinajstić information content (AvgIpc) is 2.38. The van der Waals surface area contributed by atoms with Gasteiger partial charge in [-0.3, -0.25) is 4.99 Å². The number of benzene rings is 1. The molecule has 0 spiro atoms. The molecule has 1 unspecified atom stereocenters. The van der Waals surface area contributed by atoms with Crippen molar-refractivity contribution in [1.82, 2.24) is 0 Å². The van der Waals surface area contributed by atoms with Crippen molar-refractivity contribution in [2.75, 3.05) is 13.7 Å². The lowest BCUT2D eigenvalue weighted by Crippen LogP contribution is -2.12. The van der Waals surface area contributed by atoms with E-state index in [1.165, 1.54) is 5.56 Å². The third kappa shape index (κ3) is 3.87. The van der Waals surface area contributed by atoms with Crippen molar-refractivity contribution < 1.29 is 9.47 Å². The number of halogens is 1. The smallest absolute Gasteiger partial charge is 0.161 e. The maximum Gasteiger partial charge on any atom is 0.161 e. The molecule has 0 saturated heterocycles. The molecular weight excluding hydrogens is 262 g/mol. The Morgan fingerprint density at radius 2 is 2.11 bits per heavy atom.